The van der Waals surface area contributed by atoms with Crippen molar-refractivity contribution in [1.29, 1.82) is 0 Å². The second-order valence-electron chi connectivity index (χ2n) is 13.0. The van der Waals surface area contributed by atoms with Gasteiger partial charge in [0, 0.05) is 22.9 Å². The van der Waals surface area contributed by atoms with E-state index in [4.69, 9.17) is 9.47 Å². The van der Waals surface area contributed by atoms with Crippen LogP contribution in [-0.4, -0.2) is 0 Å². The van der Waals surface area contributed by atoms with Crippen molar-refractivity contribution in [3.8, 4) is 56.4 Å². The zero-order valence-electron chi connectivity index (χ0n) is 26.9. The van der Waals surface area contributed by atoms with Crippen LogP contribution in [0.4, 0.5) is 17.1 Å². The Morgan fingerprint density at radius 3 is 1.58 bits per heavy atom. The van der Waals surface area contributed by atoms with Crippen LogP contribution in [0, 0.1) is 0 Å². The van der Waals surface area contributed by atoms with Gasteiger partial charge in [-0.1, -0.05) is 117 Å². The molecule has 0 radical (unpaired) electrons. The number of rotatable bonds is 5. The van der Waals surface area contributed by atoms with E-state index >= 15 is 0 Å². The first-order valence-electron chi connectivity index (χ1n) is 16.4. The Kier molecular flexibility index (Phi) is 6.48. The van der Waals surface area contributed by atoms with Gasteiger partial charge in [-0.15, -0.1) is 0 Å². The number of hydrogen-bond donors (Lipinski definition) is 0. The van der Waals surface area contributed by atoms with Gasteiger partial charge in [-0.2, -0.15) is 0 Å². The topological polar surface area (TPSA) is 21.7 Å². The molecule has 0 fully saturated rings. The number of anilines is 3. The van der Waals surface area contributed by atoms with E-state index in [1.54, 1.807) is 0 Å². The average Bonchev–Trinajstić information content (AvgIpc) is 3.37. The van der Waals surface area contributed by atoms with Gasteiger partial charge in [0.25, 0.3) is 0 Å². The summed E-state index contributed by atoms with van der Waals surface area (Å²) in [7, 11) is 0. The van der Waals surface area contributed by atoms with Crippen molar-refractivity contribution in [3.63, 3.8) is 0 Å². The molecule has 0 saturated carbocycles. The summed E-state index contributed by atoms with van der Waals surface area (Å²) in [5.41, 5.74) is 12.9. The molecular formula is C45H33NO2. The third-order valence-corrected chi connectivity index (χ3v) is 9.69. The molecule has 0 aromatic heterocycles. The van der Waals surface area contributed by atoms with Crippen LogP contribution >= 0.6 is 0 Å². The number of ether oxygens (including phenoxy) is 2. The van der Waals surface area contributed by atoms with Crippen LogP contribution in [0.25, 0.3) is 33.4 Å². The summed E-state index contributed by atoms with van der Waals surface area (Å²) >= 11 is 0. The molecule has 0 saturated heterocycles. The maximum Gasteiger partial charge on any atom is 0.172 e. The van der Waals surface area contributed by atoms with Crippen LogP contribution in [0.2, 0.25) is 0 Å². The summed E-state index contributed by atoms with van der Waals surface area (Å²) in [5, 5.41) is 0. The molecular weight excluding hydrogens is 587 g/mol. The summed E-state index contributed by atoms with van der Waals surface area (Å²) in [6.07, 6.45) is 0. The third kappa shape index (κ3) is 4.66. The number of nitrogens with zero attached hydrogens (tertiary/aromatic N) is 1. The first-order valence-corrected chi connectivity index (χ1v) is 16.4. The lowest BCUT2D eigenvalue weighted by Crippen LogP contribution is -2.16. The van der Waals surface area contributed by atoms with Crippen LogP contribution in [0.1, 0.15) is 25.0 Å². The van der Waals surface area contributed by atoms with Crippen molar-refractivity contribution in [3.05, 3.63) is 175 Å². The van der Waals surface area contributed by atoms with E-state index in [9.17, 15) is 0 Å². The Morgan fingerprint density at radius 1 is 0.375 bits per heavy atom. The summed E-state index contributed by atoms with van der Waals surface area (Å²) in [5.74, 6) is 2.82. The maximum atomic E-state index is 6.42. The van der Waals surface area contributed by atoms with E-state index in [-0.39, 0.29) is 5.41 Å². The molecule has 0 amide bonds. The second-order valence-corrected chi connectivity index (χ2v) is 13.0. The van der Waals surface area contributed by atoms with Crippen molar-refractivity contribution < 1.29 is 9.47 Å². The van der Waals surface area contributed by atoms with Gasteiger partial charge in [-0.25, -0.2) is 0 Å². The van der Waals surface area contributed by atoms with Crippen LogP contribution in [0.5, 0.6) is 23.0 Å². The van der Waals surface area contributed by atoms with Crippen LogP contribution in [0.15, 0.2) is 164 Å². The Labute approximate surface area is 281 Å². The summed E-state index contributed by atoms with van der Waals surface area (Å²) in [6, 6.07) is 57.8. The lowest BCUT2D eigenvalue weighted by Gasteiger charge is -2.30. The molecule has 0 spiro atoms. The molecule has 7 aromatic carbocycles. The largest absolute Gasteiger partial charge is 0.450 e. The standard InChI is InChI=1S/C45H33NO2/c1-45(2)39-18-10-9-17-37(39)38-23-21-34(28-40(38)45)46(35-22-24-43-44(29-35)48-42-20-12-11-19-41(42)47-43)36-26-32(30-13-5-3-6-14-30)25-33(27-36)31-15-7-4-8-16-31/h3-29H,1-2H3. The van der Waals surface area contributed by atoms with Crippen LogP contribution in [0.3, 0.4) is 0 Å². The molecule has 0 N–H and O–H groups in total. The number of para-hydroxylation sites is 2. The van der Waals surface area contributed by atoms with Crippen LogP contribution in [-0.2, 0) is 5.41 Å². The fraction of sp³-hybridized carbons (Fsp3) is 0.0667. The van der Waals surface area contributed by atoms with Gasteiger partial charge in [0.05, 0.1) is 5.69 Å². The smallest absolute Gasteiger partial charge is 0.172 e. The quantitative estimate of drug-likeness (QED) is 0.191. The Morgan fingerprint density at radius 2 is 0.896 bits per heavy atom. The highest BCUT2D eigenvalue weighted by atomic mass is 16.6. The molecule has 3 nitrogen and oxygen atoms in total. The minimum absolute atomic E-state index is 0.134. The van der Waals surface area contributed by atoms with E-state index in [2.05, 4.69) is 152 Å². The summed E-state index contributed by atoms with van der Waals surface area (Å²) in [6.45, 7) is 4.66. The van der Waals surface area contributed by atoms with Gasteiger partial charge in [-0.3, -0.25) is 0 Å². The Hall–Kier alpha value is -6.06. The fourth-order valence-corrected chi connectivity index (χ4v) is 7.27. The van der Waals surface area contributed by atoms with Gasteiger partial charge < -0.3 is 14.4 Å². The lowest BCUT2D eigenvalue weighted by atomic mass is 9.82. The van der Waals surface area contributed by atoms with Gasteiger partial charge in [-0.05, 0) is 99.1 Å². The first kappa shape index (κ1) is 28.2. The normalized spacial score (nSPS) is 13.3. The molecule has 1 aliphatic heterocycles. The number of hydrogen-bond acceptors (Lipinski definition) is 3. The number of benzene rings is 7. The fourth-order valence-electron chi connectivity index (χ4n) is 7.27. The molecule has 48 heavy (non-hydrogen) atoms. The van der Waals surface area contributed by atoms with Gasteiger partial charge in [0.15, 0.2) is 23.0 Å². The molecule has 230 valence electrons. The monoisotopic (exact) mass is 619 g/mol. The maximum absolute atomic E-state index is 6.42. The zero-order chi connectivity index (χ0) is 32.2. The van der Waals surface area contributed by atoms with E-state index < -0.39 is 0 Å². The summed E-state index contributed by atoms with van der Waals surface area (Å²) < 4.78 is 12.7. The predicted octanol–water partition coefficient (Wildman–Crippen LogP) is 12.7. The van der Waals surface area contributed by atoms with Gasteiger partial charge >= 0.3 is 0 Å². The molecule has 0 bridgehead atoms. The molecule has 1 aliphatic carbocycles. The Balaban J connectivity index is 1.26. The van der Waals surface area contributed by atoms with Crippen molar-refractivity contribution in [1.82, 2.24) is 0 Å². The minimum Gasteiger partial charge on any atom is -0.450 e. The highest BCUT2D eigenvalue weighted by Gasteiger charge is 2.36. The molecule has 2 aliphatic rings. The third-order valence-electron chi connectivity index (χ3n) is 9.69. The Bertz CT molecular complexity index is 2270. The molecule has 0 atom stereocenters. The van der Waals surface area contributed by atoms with Gasteiger partial charge in [0.2, 0.25) is 0 Å². The highest BCUT2D eigenvalue weighted by molar-refractivity contribution is 5.88. The minimum atomic E-state index is -0.134. The predicted molar refractivity (Wildman–Crippen MR) is 196 cm³/mol. The van der Waals surface area contributed by atoms with Crippen molar-refractivity contribution >= 4 is 17.1 Å². The van der Waals surface area contributed by atoms with E-state index in [1.807, 2.05) is 30.3 Å². The van der Waals surface area contributed by atoms with E-state index in [0.717, 1.165) is 33.9 Å². The van der Waals surface area contributed by atoms with Crippen molar-refractivity contribution in [2.24, 2.45) is 0 Å². The summed E-state index contributed by atoms with van der Waals surface area (Å²) in [4.78, 5) is 2.35. The molecule has 7 aromatic rings. The second kappa shape index (κ2) is 11.0. The van der Waals surface area contributed by atoms with Gasteiger partial charge in [0.1, 0.15) is 0 Å². The SMILES string of the molecule is CC1(C)c2ccccc2-c2ccc(N(c3cc(-c4ccccc4)cc(-c4ccccc4)c3)c3ccc4c(c3)Oc3ccccc3O4)cc21. The molecule has 3 heteroatoms. The zero-order valence-corrected chi connectivity index (χ0v) is 26.9. The number of fused-ring (bicyclic) bond motifs is 5. The molecule has 9 rings (SSSR count). The highest BCUT2D eigenvalue weighted by Crippen LogP contribution is 2.52. The first-order chi connectivity index (χ1) is 23.5. The molecule has 0 unspecified atom stereocenters. The lowest BCUT2D eigenvalue weighted by molar-refractivity contribution is 0.360. The average molecular weight is 620 g/mol. The van der Waals surface area contributed by atoms with E-state index in [0.29, 0.717) is 17.2 Å². The van der Waals surface area contributed by atoms with Crippen molar-refractivity contribution in [2.45, 2.75) is 19.3 Å². The van der Waals surface area contributed by atoms with Crippen molar-refractivity contribution in [2.75, 3.05) is 4.90 Å². The van der Waals surface area contributed by atoms with Crippen LogP contribution < -0.4 is 14.4 Å². The van der Waals surface area contributed by atoms with E-state index in [1.165, 1.54) is 33.4 Å². The molecule has 1 heterocycles.